The Kier molecular flexibility index (Phi) is 6.11. The van der Waals surface area contributed by atoms with Crippen LogP contribution in [0.15, 0.2) is 72.2 Å². The van der Waals surface area contributed by atoms with Gasteiger partial charge in [-0.2, -0.15) is 0 Å². The van der Waals surface area contributed by atoms with Crippen LogP contribution >= 0.6 is 11.3 Å². The molecule has 0 bridgehead atoms. The number of thiophene rings is 1. The van der Waals surface area contributed by atoms with Gasteiger partial charge in [0.25, 0.3) is 5.91 Å². The average molecular weight is 366 g/mol. The molecular formula is C20H18N2O3S. The molecule has 3 rings (SSSR count). The second-order valence-electron chi connectivity index (χ2n) is 5.54. The molecular weight excluding hydrogens is 348 g/mol. The molecule has 1 aromatic carbocycles. The van der Waals surface area contributed by atoms with Gasteiger partial charge in [0.2, 0.25) is 6.10 Å². The number of carbonyl (C=O) groups is 2. The minimum absolute atomic E-state index is 0.385. The number of carbonyl (C=O) groups excluding carboxylic acids is 2. The van der Waals surface area contributed by atoms with Crippen LogP contribution in [0.1, 0.15) is 27.0 Å². The molecule has 0 saturated heterocycles. The van der Waals surface area contributed by atoms with Crippen LogP contribution in [-0.2, 0) is 16.0 Å². The summed E-state index contributed by atoms with van der Waals surface area (Å²) in [7, 11) is 0. The van der Waals surface area contributed by atoms with Gasteiger partial charge in [0, 0.05) is 12.7 Å². The van der Waals surface area contributed by atoms with Crippen molar-refractivity contribution >= 4 is 23.2 Å². The zero-order valence-electron chi connectivity index (χ0n) is 14.0. The van der Waals surface area contributed by atoms with Crippen LogP contribution in [0.25, 0.3) is 0 Å². The highest BCUT2D eigenvalue weighted by molar-refractivity contribution is 7.11. The zero-order chi connectivity index (χ0) is 18.2. The molecule has 5 nitrogen and oxygen atoms in total. The van der Waals surface area contributed by atoms with Gasteiger partial charge < -0.3 is 10.1 Å². The number of hydrogen-bond acceptors (Lipinski definition) is 5. The highest BCUT2D eigenvalue weighted by Gasteiger charge is 2.26. The maximum atomic E-state index is 12.6. The monoisotopic (exact) mass is 366 g/mol. The summed E-state index contributed by atoms with van der Waals surface area (Å²) >= 11 is 1.27. The van der Waals surface area contributed by atoms with Gasteiger partial charge in [0.1, 0.15) is 4.88 Å². The van der Waals surface area contributed by atoms with E-state index < -0.39 is 12.1 Å². The third kappa shape index (κ3) is 4.77. The average Bonchev–Trinajstić information content (AvgIpc) is 3.22. The van der Waals surface area contributed by atoms with Crippen LogP contribution in [0, 0.1) is 0 Å². The summed E-state index contributed by atoms with van der Waals surface area (Å²) in [5.41, 5.74) is 1.52. The first-order valence-corrected chi connectivity index (χ1v) is 9.09. The molecule has 0 fully saturated rings. The van der Waals surface area contributed by atoms with Crippen LogP contribution in [0.5, 0.6) is 0 Å². The van der Waals surface area contributed by atoms with E-state index in [0.29, 0.717) is 23.5 Å². The number of hydrogen-bond donors (Lipinski definition) is 1. The third-order valence-electron chi connectivity index (χ3n) is 3.70. The molecule has 0 radical (unpaired) electrons. The molecule has 1 N–H and O–H groups in total. The van der Waals surface area contributed by atoms with Gasteiger partial charge in [0.05, 0.1) is 5.69 Å². The maximum Gasteiger partial charge on any atom is 0.349 e. The van der Waals surface area contributed by atoms with Crippen LogP contribution in [0.4, 0.5) is 0 Å². The van der Waals surface area contributed by atoms with E-state index >= 15 is 0 Å². The minimum Gasteiger partial charge on any atom is -0.441 e. The number of nitrogens with zero attached hydrogens (tertiary/aromatic N) is 1. The smallest absolute Gasteiger partial charge is 0.349 e. The third-order valence-corrected chi connectivity index (χ3v) is 4.55. The Balaban J connectivity index is 1.66. The Morgan fingerprint density at radius 1 is 1.04 bits per heavy atom. The molecule has 0 aliphatic rings. The molecule has 6 heteroatoms. The first kappa shape index (κ1) is 17.8. The normalized spacial score (nSPS) is 11.5. The fourth-order valence-corrected chi connectivity index (χ4v) is 3.01. The molecule has 0 aliphatic carbocycles. The summed E-state index contributed by atoms with van der Waals surface area (Å²) in [5, 5.41) is 4.61. The Hall–Kier alpha value is -2.99. The van der Waals surface area contributed by atoms with Gasteiger partial charge in [0.15, 0.2) is 0 Å². The summed E-state index contributed by atoms with van der Waals surface area (Å²) in [6, 6.07) is 18.4. The Morgan fingerprint density at radius 3 is 2.54 bits per heavy atom. The van der Waals surface area contributed by atoms with Crippen molar-refractivity contribution in [1.29, 1.82) is 0 Å². The molecule has 2 aromatic heterocycles. The predicted molar refractivity (Wildman–Crippen MR) is 99.9 cm³/mol. The van der Waals surface area contributed by atoms with Gasteiger partial charge in [-0.1, -0.05) is 42.5 Å². The molecule has 1 amide bonds. The van der Waals surface area contributed by atoms with E-state index in [1.54, 1.807) is 41.9 Å². The highest BCUT2D eigenvalue weighted by Crippen LogP contribution is 2.19. The van der Waals surface area contributed by atoms with Crippen LogP contribution in [0.3, 0.4) is 0 Å². The Morgan fingerprint density at radius 2 is 1.85 bits per heavy atom. The van der Waals surface area contributed by atoms with E-state index in [1.165, 1.54) is 11.3 Å². The number of aromatic nitrogens is 1. The van der Waals surface area contributed by atoms with Crippen LogP contribution in [-0.4, -0.2) is 23.4 Å². The van der Waals surface area contributed by atoms with E-state index in [9.17, 15) is 9.59 Å². The Bertz CT molecular complexity index is 836. The lowest BCUT2D eigenvalue weighted by Gasteiger charge is -2.17. The molecule has 2 heterocycles. The van der Waals surface area contributed by atoms with Gasteiger partial charge in [-0.05, 0) is 35.6 Å². The van der Waals surface area contributed by atoms with Crippen molar-refractivity contribution in [2.45, 2.75) is 12.5 Å². The molecule has 0 spiro atoms. The number of pyridine rings is 1. The van der Waals surface area contributed by atoms with Gasteiger partial charge >= 0.3 is 5.97 Å². The van der Waals surface area contributed by atoms with Gasteiger partial charge in [-0.3, -0.25) is 9.78 Å². The summed E-state index contributed by atoms with van der Waals surface area (Å²) in [4.78, 5) is 29.5. The summed E-state index contributed by atoms with van der Waals surface area (Å²) in [6.45, 7) is 0.447. The summed E-state index contributed by atoms with van der Waals surface area (Å²) in [6.07, 6.45) is 1.18. The van der Waals surface area contributed by atoms with E-state index in [4.69, 9.17) is 4.74 Å². The maximum absolute atomic E-state index is 12.6. The van der Waals surface area contributed by atoms with E-state index in [0.717, 1.165) is 5.56 Å². The second kappa shape index (κ2) is 8.92. The van der Waals surface area contributed by atoms with Crippen molar-refractivity contribution in [3.05, 3.63) is 88.4 Å². The van der Waals surface area contributed by atoms with Crippen molar-refractivity contribution in [2.75, 3.05) is 6.54 Å². The molecule has 3 aromatic rings. The van der Waals surface area contributed by atoms with Gasteiger partial charge in [-0.25, -0.2) is 4.79 Å². The quantitative estimate of drug-likeness (QED) is 0.651. The second-order valence-corrected chi connectivity index (χ2v) is 6.49. The topological polar surface area (TPSA) is 68.3 Å². The zero-order valence-corrected chi connectivity index (χ0v) is 14.8. The molecule has 1 atom stereocenters. The molecule has 132 valence electrons. The lowest BCUT2D eigenvalue weighted by molar-refractivity contribution is -0.130. The molecule has 0 saturated carbocycles. The van der Waals surface area contributed by atoms with Crippen molar-refractivity contribution in [3.63, 3.8) is 0 Å². The Labute approximate surface area is 155 Å². The highest BCUT2D eigenvalue weighted by atomic mass is 32.1. The first-order valence-electron chi connectivity index (χ1n) is 8.21. The molecule has 26 heavy (non-hydrogen) atoms. The largest absolute Gasteiger partial charge is 0.441 e. The van der Waals surface area contributed by atoms with Crippen molar-refractivity contribution in [1.82, 2.24) is 10.3 Å². The lowest BCUT2D eigenvalue weighted by atomic mass is 10.1. The number of esters is 1. The molecule has 0 aliphatic heterocycles. The molecule has 0 unspecified atom stereocenters. The van der Waals surface area contributed by atoms with Crippen molar-refractivity contribution < 1.29 is 14.3 Å². The first-order chi connectivity index (χ1) is 12.7. The fraction of sp³-hybridized carbons (Fsp3) is 0.150. The van der Waals surface area contributed by atoms with Gasteiger partial charge in [-0.15, -0.1) is 11.3 Å². The minimum atomic E-state index is -1.08. The summed E-state index contributed by atoms with van der Waals surface area (Å²) in [5.74, 6) is -0.918. The van der Waals surface area contributed by atoms with Crippen LogP contribution < -0.4 is 5.32 Å². The number of benzene rings is 1. The number of nitrogens with one attached hydrogen (secondary N) is 1. The van der Waals surface area contributed by atoms with Crippen molar-refractivity contribution in [2.24, 2.45) is 0 Å². The van der Waals surface area contributed by atoms with Crippen LogP contribution in [0.2, 0.25) is 0 Å². The fourth-order valence-electron chi connectivity index (χ4n) is 2.41. The van der Waals surface area contributed by atoms with E-state index in [1.807, 2.05) is 30.3 Å². The number of rotatable bonds is 7. The number of ether oxygens (including phenoxy) is 1. The number of amides is 1. The predicted octanol–water partition coefficient (Wildman–Crippen LogP) is 3.40. The SMILES string of the molecule is O=C(O[C@H](C(=O)NCCc1ccccc1)c1ccccn1)c1cccs1. The lowest BCUT2D eigenvalue weighted by Crippen LogP contribution is -2.33. The van der Waals surface area contributed by atoms with E-state index in [-0.39, 0.29) is 5.91 Å². The summed E-state index contributed by atoms with van der Waals surface area (Å²) < 4.78 is 5.44. The van der Waals surface area contributed by atoms with Crippen molar-refractivity contribution in [3.8, 4) is 0 Å². The van der Waals surface area contributed by atoms with E-state index in [2.05, 4.69) is 10.3 Å². The standard InChI is InChI=1S/C20H18N2O3S/c23-19(22-13-11-15-7-2-1-3-8-15)18(16-9-4-5-12-21-16)25-20(24)17-10-6-14-26-17/h1-10,12,14,18H,11,13H2,(H,22,23)/t18-/m0/s1.